The van der Waals surface area contributed by atoms with Crippen molar-refractivity contribution in [2.75, 3.05) is 29.9 Å². The first-order valence-corrected chi connectivity index (χ1v) is 9.28. The normalized spacial score (nSPS) is 16.8. The summed E-state index contributed by atoms with van der Waals surface area (Å²) in [5.41, 5.74) is 0.665. The number of nitrogens with zero attached hydrogens (tertiary/aromatic N) is 4. The van der Waals surface area contributed by atoms with E-state index < -0.39 is 0 Å². The third-order valence-electron chi connectivity index (χ3n) is 4.32. The Morgan fingerprint density at radius 2 is 2.00 bits per heavy atom. The fraction of sp³-hybridized carbons (Fsp3) is 0.412. The number of halogens is 1. The fourth-order valence-electron chi connectivity index (χ4n) is 2.87. The van der Waals surface area contributed by atoms with Gasteiger partial charge in [-0.2, -0.15) is 0 Å². The predicted molar refractivity (Wildman–Crippen MR) is 98.0 cm³/mol. The van der Waals surface area contributed by atoms with Crippen molar-refractivity contribution in [2.24, 2.45) is 0 Å². The molecule has 1 aliphatic rings. The van der Waals surface area contributed by atoms with E-state index in [0.29, 0.717) is 41.9 Å². The van der Waals surface area contributed by atoms with E-state index in [4.69, 9.17) is 0 Å². The molecule has 138 valence electrons. The van der Waals surface area contributed by atoms with Crippen molar-refractivity contribution in [2.45, 2.75) is 26.2 Å². The van der Waals surface area contributed by atoms with Crippen LogP contribution in [0.15, 0.2) is 24.3 Å². The molecule has 9 heteroatoms. The molecule has 1 unspecified atom stereocenters. The molecule has 0 aliphatic carbocycles. The van der Waals surface area contributed by atoms with E-state index in [9.17, 15) is 14.0 Å². The Labute approximate surface area is 154 Å². The number of carbonyl (C=O) groups excluding carboxylic acids is 2. The zero-order valence-electron chi connectivity index (χ0n) is 14.6. The number of hydrogen-bond donors (Lipinski definition) is 1. The summed E-state index contributed by atoms with van der Waals surface area (Å²) >= 11 is 1.28. The highest BCUT2D eigenvalue weighted by Crippen LogP contribution is 2.34. The van der Waals surface area contributed by atoms with Gasteiger partial charge in [-0.25, -0.2) is 9.18 Å². The van der Waals surface area contributed by atoms with Gasteiger partial charge < -0.3 is 9.80 Å². The molecule has 7 nitrogen and oxygen atoms in total. The summed E-state index contributed by atoms with van der Waals surface area (Å²) in [7, 11) is 0. The molecule has 1 saturated heterocycles. The van der Waals surface area contributed by atoms with Crippen LogP contribution in [0.1, 0.15) is 31.2 Å². The molecule has 0 radical (unpaired) electrons. The molecule has 1 aromatic heterocycles. The maximum atomic E-state index is 13.1. The molecule has 3 rings (SSSR count). The van der Waals surface area contributed by atoms with Crippen molar-refractivity contribution >= 4 is 34.1 Å². The first-order valence-electron chi connectivity index (χ1n) is 8.47. The maximum Gasteiger partial charge on any atom is 0.323 e. The quantitative estimate of drug-likeness (QED) is 0.869. The van der Waals surface area contributed by atoms with Crippen LogP contribution in [0.5, 0.6) is 0 Å². The van der Waals surface area contributed by atoms with Crippen molar-refractivity contribution in [1.82, 2.24) is 15.1 Å². The highest BCUT2D eigenvalue weighted by Gasteiger charge is 2.34. The van der Waals surface area contributed by atoms with Crippen LogP contribution in [0.4, 0.5) is 20.0 Å². The van der Waals surface area contributed by atoms with E-state index in [0.717, 1.165) is 0 Å². The van der Waals surface area contributed by atoms with Gasteiger partial charge in [0.25, 0.3) is 0 Å². The van der Waals surface area contributed by atoms with Crippen molar-refractivity contribution in [3.05, 3.63) is 35.1 Å². The number of rotatable bonds is 5. The van der Waals surface area contributed by atoms with Gasteiger partial charge in [0.1, 0.15) is 10.8 Å². The minimum absolute atomic E-state index is 0.0365. The molecule has 26 heavy (non-hydrogen) atoms. The molecular formula is C17H20FN5O2S. The number of hydrogen-bond acceptors (Lipinski definition) is 5. The Morgan fingerprint density at radius 1 is 1.31 bits per heavy atom. The third-order valence-corrected chi connectivity index (χ3v) is 5.32. The lowest BCUT2D eigenvalue weighted by atomic mass is 10.1. The lowest BCUT2D eigenvalue weighted by molar-refractivity contribution is -0.117. The van der Waals surface area contributed by atoms with Gasteiger partial charge in [0, 0.05) is 37.7 Å². The number of urea groups is 1. The van der Waals surface area contributed by atoms with Crippen LogP contribution >= 0.6 is 11.3 Å². The van der Waals surface area contributed by atoms with Gasteiger partial charge in [-0.3, -0.25) is 10.1 Å². The summed E-state index contributed by atoms with van der Waals surface area (Å²) in [4.78, 5) is 27.7. The van der Waals surface area contributed by atoms with Crippen LogP contribution in [0.2, 0.25) is 0 Å². The van der Waals surface area contributed by atoms with Gasteiger partial charge in [0.05, 0.1) is 0 Å². The van der Waals surface area contributed by atoms with Crippen molar-refractivity contribution in [3.63, 3.8) is 0 Å². The third kappa shape index (κ3) is 3.82. The van der Waals surface area contributed by atoms with Gasteiger partial charge in [-0.15, -0.1) is 10.2 Å². The number of aromatic nitrogens is 2. The van der Waals surface area contributed by atoms with Crippen LogP contribution in [0.3, 0.4) is 0 Å². The number of nitrogens with one attached hydrogen (secondary N) is 1. The molecule has 2 heterocycles. The molecule has 1 aliphatic heterocycles. The van der Waals surface area contributed by atoms with E-state index in [-0.39, 0.29) is 23.7 Å². The Hall–Kier alpha value is -2.55. The summed E-state index contributed by atoms with van der Waals surface area (Å²) < 4.78 is 13.1. The number of amides is 3. The molecule has 3 amide bonds. The zero-order valence-corrected chi connectivity index (χ0v) is 15.4. The molecule has 1 fully saturated rings. The topological polar surface area (TPSA) is 78.4 Å². The van der Waals surface area contributed by atoms with Crippen molar-refractivity contribution in [3.8, 4) is 0 Å². The van der Waals surface area contributed by atoms with E-state index >= 15 is 0 Å². The van der Waals surface area contributed by atoms with E-state index in [1.807, 2.05) is 13.8 Å². The van der Waals surface area contributed by atoms with Crippen molar-refractivity contribution < 1.29 is 14.0 Å². The summed E-state index contributed by atoms with van der Waals surface area (Å²) in [5, 5.41) is 12.0. The molecule has 1 atom stereocenters. The number of anilines is 2. The highest BCUT2D eigenvalue weighted by molar-refractivity contribution is 7.15. The van der Waals surface area contributed by atoms with Crippen LogP contribution in [-0.4, -0.2) is 46.7 Å². The van der Waals surface area contributed by atoms with Gasteiger partial charge in [0.2, 0.25) is 11.0 Å². The second-order valence-corrected chi connectivity index (χ2v) is 6.94. The Morgan fingerprint density at radius 3 is 2.65 bits per heavy atom. The second-order valence-electron chi connectivity index (χ2n) is 5.93. The summed E-state index contributed by atoms with van der Waals surface area (Å²) in [6.07, 6.45) is 0.315. The predicted octanol–water partition coefficient (Wildman–Crippen LogP) is 3.07. The summed E-state index contributed by atoms with van der Waals surface area (Å²) in [6.45, 7) is 5.49. The first kappa shape index (κ1) is 18.2. The molecule has 0 saturated carbocycles. The van der Waals surface area contributed by atoms with E-state index in [2.05, 4.69) is 15.5 Å². The molecule has 0 spiro atoms. The summed E-state index contributed by atoms with van der Waals surface area (Å²) in [5.74, 6) is -0.468. The number of carbonyl (C=O) groups is 2. The largest absolute Gasteiger partial charge is 0.325 e. The number of benzene rings is 1. The Balaban J connectivity index is 1.67. The van der Waals surface area contributed by atoms with Crippen LogP contribution in [0.25, 0.3) is 0 Å². The van der Waals surface area contributed by atoms with E-state index in [1.165, 1.54) is 23.5 Å². The highest BCUT2D eigenvalue weighted by atomic mass is 32.1. The molecule has 2 aromatic rings. The molecule has 0 bridgehead atoms. The van der Waals surface area contributed by atoms with Crippen LogP contribution in [0, 0.1) is 5.82 Å². The maximum absolute atomic E-state index is 13.1. The fourth-order valence-corrected chi connectivity index (χ4v) is 3.70. The Kier molecular flexibility index (Phi) is 5.46. The first-order chi connectivity index (χ1) is 12.5. The SMILES string of the molecule is CCN(CC)C(=O)Nc1nnc(C2CC(=O)N(c3ccc(F)cc3)C2)s1. The average Bonchev–Trinajstić information content (AvgIpc) is 3.23. The van der Waals surface area contributed by atoms with Gasteiger partial charge in [-0.05, 0) is 38.1 Å². The lowest BCUT2D eigenvalue weighted by Gasteiger charge is -2.17. The van der Waals surface area contributed by atoms with Crippen molar-refractivity contribution in [1.29, 1.82) is 0 Å². The Bertz CT molecular complexity index is 791. The minimum atomic E-state index is -0.338. The smallest absolute Gasteiger partial charge is 0.323 e. The van der Waals surface area contributed by atoms with Crippen LogP contribution in [-0.2, 0) is 4.79 Å². The monoisotopic (exact) mass is 377 g/mol. The minimum Gasteiger partial charge on any atom is -0.325 e. The standard InChI is InChI=1S/C17H20FN5O2S/c1-3-22(4-2)17(25)19-16-21-20-15(26-16)11-9-14(24)23(10-11)13-7-5-12(18)6-8-13/h5-8,11H,3-4,9-10H2,1-2H3,(H,19,21,25). The average molecular weight is 377 g/mol. The van der Waals surface area contributed by atoms with Crippen LogP contribution < -0.4 is 10.2 Å². The van der Waals surface area contributed by atoms with Gasteiger partial charge in [-0.1, -0.05) is 11.3 Å². The second kappa shape index (κ2) is 7.77. The molecule has 1 N–H and O–H groups in total. The molecular weight excluding hydrogens is 357 g/mol. The molecule has 1 aromatic carbocycles. The van der Waals surface area contributed by atoms with Gasteiger partial charge >= 0.3 is 6.03 Å². The van der Waals surface area contributed by atoms with E-state index in [1.54, 1.807) is 21.9 Å². The summed E-state index contributed by atoms with van der Waals surface area (Å²) in [6, 6.07) is 5.63. The van der Waals surface area contributed by atoms with Gasteiger partial charge in [0.15, 0.2) is 0 Å². The lowest BCUT2D eigenvalue weighted by Crippen LogP contribution is -2.34. The zero-order chi connectivity index (χ0) is 18.7.